The molecule has 0 radical (unpaired) electrons. The number of ether oxygens (including phenoxy) is 4. The largest absolute Gasteiger partial charge is 0.493 e. The molecule has 164 valence electrons. The van der Waals surface area contributed by atoms with Gasteiger partial charge in [0.1, 0.15) is 0 Å². The molecule has 2 aliphatic rings. The topological polar surface area (TPSA) is 79.2 Å². The van der Waals surface area contributed by atoms with Crippen molar-refractivity contribution in [1.29, 1.82) is 0 Å². The number of fused-ring (bicyclic) bond motifs is 5. The van der Waals surface area contributed by atoms with E-state index >= 15 is 0 Å². The lowest BCUT2D eigenvalue weighted by Crippen LogP contribution is -2.24. The summed E-state index contributed by atoms with van der Waals surface area (Å²) in [5, 5.41) is 11.4. The van der Waals surface area contributed by atoms with Gasteiger partial charge in [0.05, 0.1) is 31.9 Å². The van der Waals surface area contributed by atoms with Gasteiger partial charge in [0.15, 0.2) is 23.0 Å². The zero-order chi connectivity index (χ0) is 22.1. The number of aliphatic hydroxyl groups is 1. The van der Waals surface area contributed by atoms with E-state index in [0.29, 0.717) is 40.1 Å². The van der Waals surface area contributed by atoms with Crippen LogP contribution < -0.4 is 24.5 Å². The number of nitrogens with zero attached hydrogens (tertiary/aromatic N) is 1. The SMILES string of the molecule is CC.COc1ccc2c(CO)c3n(c(=O)c2c1OC)CCCc1cc2c(cc1-3)OCO2. The van der Waals surface area contributed by atoms with Crippen molar-refractivity contribution in [2.45, 2.75) is 39.8 Å². The first kappa shape index (κ1) is 21.1. The van der Waals surface area contributed by atoms with Gasteiger partial charge >= 0.3 is 0 Å². The van der Waals surface area contributed by atoms with Crippen LogP contribution in [-0.2, 0) is 19.6 Å². The van der Waals surface area contributed by atoms with Crippen molar-refractivity contribution in [3.05, 3.63) is 45.7 Å². The maximum atomic E-state index is 13.6. The van der Waals surface area contributed by atoms with E-state index in [4.69, 9.17) is 18.9 Å². The highest BCUT2D eigenvalue weighted by molar-refractivity contribution is 5.96. The Labute approximate surface area is 180 Å². The first-order valence-electron chi connectivity index (χ1n) is 10.5. The molecule has 2 aliphatic heterocycles. The van der Waals surface area contributed by atoms with Gasteiger partial charge in [0, 0.05) is 17.7 Å². The molecule has 7 heteroatoms. The minimum absolute atomic E-state index is 0.159. The van der Waals surface area contributed by atoms with Crippen LogP contribution in [0.1, 0.15) is 31.4 Å². The van der Waals surface area contributed by atoms with E-state index in [1.165, 1.54) is 14.2 Å². The highest BCUT2D eigenvalue weighted by atomic mass is 16.7. The Morgan fingerprint density at radius 3 is 2.52 bits per heavy atom. The minimum atomic E-state index is -0.213. The standard InChI is InChI=1S/C22H21NO6.C2H6/c1-26-16-6-5-13-15(10-24)20-14-9-18-17(28-11-29-18)8-12(14)4-3-7-23(20)22(25)19(13)21(16)27-2;1-2/h5-6,8-9,24H,3-4,7,10-11H2,1-2H3;1-2H3. The molecular formula is C24H27NO6. The average Bonchev–Trinajstić information content (AvgIpc) is 3.19. The summed E-state index contributed by atoms with van der Waals surface area (Å²) >= 11 is 0. The zero-order valence-electron chi connectivity index (χ0n) is 18.3. The molecule has 0 atom stereocenters. The summed E-state index contributed by atoms with van der Waals surface area (Å²) in [4.78, 5) is 13.6. The molecule has 0 fully saturated rings. The smallest absolute Gasteiger partial charge is 0.262 e. The Morgan fingerprint density at radius 1 is 1.10 bits per heavy atom. The summed E-state index contributed by atoms with van der Waals surface area (Å²) in [5.41, 5.74) is 3.22. The number of aliphatic hydroxyl groups excluding tert-OH is 1. The van der Waals surface area contributed by atoms with E-state index in [-0.39, 0.29) is 19.0 Å². The fourth-order valence-electron chi connectivity index (χ4n) is 4.44. The van der Waals surface area contributed by atoms with E-state index < -0.39 is 0 Å². The third-order valence-corrected chi connectivity index (χ3v) is 5.72. The Hall–Kier alpha value is -3.19. The number of pyridine rings is 1. The van der Waals surface area contributed by atoms with Crippen LogP contribution in [0.15, 0.2) is 29.1 Å². The van der Waals surface area contributed by atoms with Crippen LogP contribution in [0.3, 0.4) is 0 Å². The van der Waals surface area contributed by atoms with Gasteiger partial charge in [-0.1, -0.05) is 13.8 Å². The Bertz CT molecular complexity index is 1200. The first-order valence-corrected chi connectivity index (χ1v) is 10.5. The third kappa shape index (κ3) is 3.20. The summed E-state index contributed by atoms with van der Waals surface area (Å²) in [6.45, 7) is 4.51. The Morgan fingerprint density at radius 2 is 1.84 bits per heavy atom. The number of benzene rings is 2. The molecule has 1 N–H and O–H groups in total. The maximum absolute atomic E-state index is 13.6. The Kier molecular flexibility index (Phi) is 5.78. The summed E-state index contributed by atoms with van der Waals surface area (Å²) in [5.74, 6) is 2.24. The van der Waals surface area contributed by atoms with Crippen molar-refractivity contribution in [3.8, 4) is 34.3 Å². The van der Waals surface area contributed by atoms with Crippen LogP contribution >= 0.6 is 0 Å². The van der Waals surface area contributed by atoms with Crippen LogP contribution in [0.4, 0.5) is 0 Å². The number of rotatable bonds is 3. The molecule has 2 aromatic carbocycles. The third-order valence-electron chi connectivity index (χ3n) is 5.72. The summed E-state index contributed by atoms with van der Waals surface area (Å²) in [7, 11) is 3.05. The molecular weight excluding hydrogens is 398 g/mol. The van der Waals surface area contributed by atoms with Crippen molar-refractivity contribution >= 4 is 10.8 Å². The van der Waals surface area contributed by atoms with Crippen molar-refractivity contribution < 1.29 is 24.1 Å². The van der Waals surface area contributed by atoms with Crippen LogP contribution in [0.25, 0.3) is 22.0 Å². The minimum Gasteiger partial charge on any atom is -0.493 e. The molecule has 5 rings (SSSR count). The van der Waals surface area contributed by atoms with E-state index in [0.717, 1.165) is 35.4 Å². The van der Waals surface area contributed by atoms with E-state index in [9.17, 15) is 9.90 Å². The number of aromatic nitrogens is 1. The number of hydrogen-bond donors (Lipinski definition) is 1. The monoisotopic (exact) mass is 425 g/mol. The van der Waals surface area contributed by atoms with Crippen molar-refractivity contribution in [1.82, 2.24) is 4.57 Å². The van der Waals surface area contributed by atoms with Gasteiger partial charge in [0.2, 0.25) is 6.79 Å². The Balaban J connectivity index is 0.00000112. The lowest BCUT2D eigenvalue weighted by atomic mass is 9.95. The molecule has 3 aromatic rings. The molecule has 0 aliphatic carbocycles. The van der Waals surface area contributed by atoms with Crippen LogP contribution in [0, 0.1) is 0 Å². The maximum Gasteiger partial charge on any atom is 0.262 e. The van der Waals surface area contributed by atoms with Gasteiger partial charge < -0.3 is 28.6 Å². The molecule has 0 saturated heterocycles. The second-order valence-electron chi connectivity index (χ2n) is 7.13. The molecule has 31 heavy (non-hydrogen) atoms. The summed E-state index contributed by atoms with van der Waals surface area (Å²) in [6, 6.07) is 7.47. The fourth-order valence-corrected chi connectivity index (χ4v) is 4.44. The van der Waals surface area contributed by atoms with Gasteiger partial charge in [-0.05, 0) is 48.1 Å². The molecule has 7 nitrogen and oxygen atoms in total. The summed E-state index contributed by atoms with van der Waals surface area (Å²) in [6.07, 6.45) is 1.59. The van der Waals surface area contributed by atoms with E-state index in [1.807, 2.05) is 32.0 Å². The van der Waals surface area contributed by atoms with Crippen molar-refractivity contribution in [2.24, 2.45) is 0 Å². The first-order chi connectivity index (χ1) is 15.2. The lowest BCUT2D eigenvalue weighted by molar-refractivity contribution is 0.174. The second kappa shape index (κ2) is 8.51. The van der Waals surface area contributed by atoms with Crippen molar-refractivity contribution in [2.75, 3.05) is 21.0 Å². The molecule has 0 spiro atoms. The van der Waals surface area contributed by atoms with Gasteiger partial charge in [0.25, 0.3) is 5.56 Å². The number of aryl methyl sites for hydroxylation is 1. The van der Waals surface area contributed by atoms with Crippen LogP contribution in [0.5, 0.6) is 23.0 Å². The molecule has 0 bridgehead atoms. The van der Waals surface area contributed by atoms with Crippen LogP contribution in [0.2, 0.25) is 0 Å². The van der Waals surface area contributed by atoms with E-state index in [1.54, 1.807) is 10.6 Å². The van der Waals surface area contributed by atoms with Crippen molar-refractivity contribution in [3.63, 3.8) is 0 Å². The average molecular weight is 425 g/mol. The normalized spacial score (nSPS) is 13.6. The number of methoxy groups -OCH3 is 2. The molecule has 1 aromatic heterocycles. The van der Waals surface area contributed by atoms with E-state index in [2.05, 4.69) is 0 Å². The predicted octanol–water partition coefficient (Wildman–Crippen LogP) is 3.88. The number of hydrogen-bond acceptors (Lipinski definition) is 6. The highest BCUT2D eigenvalue weighted by Crippen LogP contribution is 2.43. The predicted molar refractivity (Wildman–Crippen MR) is 118 cm³/mol. The van der Waals surface area contributed by atoms with Crippen LogP contribution in [-0.4, -0.2) is 30.7 Å². The fraction of sp³-hybridized carbons (Fsp3) is 0.375. The molecule has 3 heterocycles. The zero-order valence-corrected chi connectivity index (χ0v) is 18.3. The van der Waals surface area contributed by atoms with Gasteiger partial charge in [-0.25, -0.2) is 0 Å². The second-order valence-corrected chi connectivity index (χ2v) is 7.13. The molecule has 0 unspecified atom stereocenters. The quantitative estimate of drug-likeness (QED) is 0.686. The lowest BCUT2D eigenvalue weighted by Gasteiger charge is -2.20. The summed E-state index contributed by atoms with van der Waals surface area (Å²) < 4.78 is 23.7. The van der Waals surface area contributed by atoms with Gasteiger partial charge in [-0.2, -0.15) is 0 Å². The van der Waals surface area contributed by atoms with Gasteiger partial charge in [-0.15, -0.1) is 0 Å². The molecule has 0 amide bonds. The molecule has 0 saturated carbocycles. The van der Waals surface area contributed by atoms with Gasteiger partial charge in [-0.3, -0.25) is 4.79 Å². The highest BCUT2D eigenvalue weighted by Gasteiger charge is 2.27.